The first-order valence-corrected chi connectivity index (χ1v) is 11.6. The van der Waals surface area contributed by atoms with Gasteiger partial charge in [0.15, 0.2) is 9.84 Å². The van der Waals surface area contributed by atoms with Crippen molar-refractivity contribution >= 4 is 21.7 Å². The molecular formula is C22H23F3N2O4S. The van der Waals surface area contributed by atoms with Crippen LogP contribution in [0.1, 0.15) is 40.1 Å². The number of benzene rings is 2. The number of alkyl halides is 3. The van der Waals surface area contributed by atoms with Crippen molar-refractivity contribution in [1.29, 1.82) is 0 Å². The van der Waals surface area contributed by atoms with Crippen LogP contribution in [0.3, 0.4) is 0 Å². The van der Waals surface area contributed by atoms with Crippen molar-refractivity contribution in [3.8, 4) is 0 Å². The Hall–Kier alpha value is -2.88. The molecule has 10 heteroatoms. The largest absolute Gasteiger partial charge is 0.416 e. The second-order valence-electron chi connectivity index (χ2n) is 7.75. The first-order chi connectivity index (χ1) is 14.9. The van der Waals surface area contributed by atoms with E-state index in [0.717, 1.165) is 24.3 Å². The predicted molar refractivity (Wildman–Crippen MR) is 112 cm³/mol. The van der Waals surface area contributed by atoms with Gasteiger partial charge in [-0.05, 0) is 50.2 Å². The topological polar surface area (TPSA) is 74.8 Å². The number of halogens is 3. The Labute approximate surface area is 184 Å². The van der Waals surface area contributed by atoms with Gasteiger partial charge in [-0.3, -0.25) is 9.59 Å². The fraction of sp³-hybridized carbons (Fsp3) is 0.364. The summed E-state index contributed by atoms with van der Waals surface area (Å²) in [5.74, 6) is -0.861. The molecule has 0 N–H and O–H groups in total. The van der Waals surface area contributed by atoms with Gasteiger partial charge in [0, 0.05) is 31.7 Å². The number of carbonyl (C=O) groups is 2. The number of rotatable bonds is 4. The molecule has 0 saturated carbocycles. The molecule has 1 aliphatic rings. The van der Waals surface area contributed by atoms with Gasteiger partial charge in [-0.25, -0.2) is 8.42 Å². The molecule has 172 valence electrons. The van der Waals surface area contributed by atoms with Crippen molar-refractivity contribution in [1.82, 2.24) is 9.80 Å². The zero-order valence-corrected chi connectivity index (χ0v) is 18.4. The maximum Gasteiger partial charge on any atom is 0.416 e. The van der Waals surface area contributed by atoms with Crippen molar-refractivity contribution in [3.63, 3.8) is 0 Å². The van der Waals surface area contributed by atoms with Crippen LogP contribution < -0.4 is 0 Å². The Morgan fingerprint density at radius 2 is 1.34 bits per heavy atom. The maximum atomic E-state index is 13.0. The highest BCUT2D eigenvalue weighted by Gasteiger charge is 2.32. The van der Waals surface area contributed by atoms with E-state index >= 15 is 0 Å². The van der Waals surface area contributed by atoms with Gasteiger partial charge in [-0.15, -0.1) is 0 Å². The lowest BCUT2D eigenvalue weighted by Crippen LogP contribution is -2.50. The van der Waals surface area contributed by atoms with Crippen LogP contribution in [-0.2, 0) is 16.0 Å². The molecule has 2 aromatic carbocycles. The lowest BCUT2D eigenvalue weighted by atomic mass is 10.1. The van der Waals surface area contributed by atoms with Crippen LogP contribution in [-0.4, -0.2) is 61.5 Å². The zero-order valence-electron chi connectivity index (χ0n) is 17.6. The van der Waals surface area contributed by atoms with E-state index in [9.17, 15) is 31.2 Å². The summed E-state index contributed by atoms with van der Waals surface area (Å²) in [4.78, 5) is 28.6. The van der Waals surface area contributed by atoms with Crippen LogP contribution in [0.2, 0.25) is 0 Å². The molecule has 0 atom stereocenters. The van der Waals surface area contributed by atoms with E-state index < -0.39 is 38.6 Å². The van der Waals surface area contributed by atoms with Gasteiger partial charge in [0.25, 0.3) is 11.8 Å². The van der Waals surface area contributed by atoms with Crippen molar-refractivity contribution in [2.45, 2.75) is 30.2 Å². The molecular weight excluding hydrogens is 445 g/mol. The maximum absolute atomic E-state index is 13.0. The van der Waals surface area contributed by atoms with Crippen molar-refractivity contribution in [2.75, 3.05) is 26.2 Å². The van der Waals surface area contributed by atoms with Crippen molar-refractivity contribution in [3.05, 3.63) is 65.2 Å². The lowest BCUT2D eigenvalue weighted by Gasteiger charge is -2.35. The molecule has 0 aromatic heterocycles. The van der Waals surface area contributed by atoms with Gasteiger partial charge in [-0.1, -0.05) is 12.1 Å². The van der Waals surface area contributed by atoms with Gasteiger partial charge >= 0.3 is 6.18 Å². The van der Waals surface area contributed by atoms with Gasteiger partial charge in [-0.2, -0.15) is 13.2 Å². The molecule has 6 nitrogen and oxygen atoms in total. The van der Waals surface area contributed by atoms with Gasteiger partial charge in [0.2, 0.25) is 0 Å². The third-order valence-corrected chi connectivity index (χ3v) is 7.57. The lowest BCUT2D eigenvalue weighted by molar-refractivity contribution is -0.137. The van der Waals surface area contributed by atoms with E-state index in [2.05, 4.69) is 0 Å². The molecule has 0 spiro atoms. The Bertz CT molecular complexity index is 1100. The molecule has 3 rings (SSSR count). The summed E-state index contributed by atoms with van der Waals surface area (Å²) in [5, 5.41) is -0.686. The fourth-order valence-electron chi connectivity index (χ4n) is 3.41. The van der Waals surface area contributed by atoms with Crippen LogP contribution in [0.15, 0.2) is 53.4 Å². The van der Waals surface area contributed by atoms with Gasteiger partial charge < -0.3 is 9.80 Å². The normalized spacial score (nSPS) is 15.2. The summed E-state index contributed by atoms with van der Waals surface area (Å²) >= 11 is 0. The molecule has 0 radical (unpaired) electrons. The van der Waals surface area contributed by atoms with Crippen LogP contribution in [0.25, 0.3) is 0 Å². The standard InChI is InChI=1S/C22H23F3N2O4S/c1-15(2)32(30,31)19-6-4-3-5-18(19)21(29)27-13-11-26(12-14-27)20(28)16-7-9-17(10-8-16)22(23,24)25/h3-10,15H,11-14H2,1-2H3. The molecule has 0 bridgehead atoms. The summed E-state index contributed by atoms with van der Waals surface area (Å²) in [5.41, 5.74) is -0.616. The monoisotopic (exact) mass is 468 g/mol. The van der Waals surface area contributed by atoms with Crippen LogP contribution >= 0.6 is 0 Å². The number of carbonyl (C=O) groups excluding carboxylic acids is 2. The first-order valence-electron chi connectivity index (χ1n) is 10.0. The molecule has 0 unspecified atom stereocenters. The summed E-state index contributed by atoms with van der Waals surface area (Å²) < 4.78 is 63.4. The van der Waals surface area contributed by atoms with E-state index in [1.165, 1.54) is 21.9 Å². The fourth-order valence-corrected chi connectivity index (χ4v) is 4.65. The summed E-state index contributed by atoms with van der Waals surface area (Å²) in [6, 6.07) is 10.0. The number of piperazine rings is 1. The molecule has 1 fully saturated rings. The quantitative estimate of drug-likeness (QED) is 0.689. The third-order valence-electron chi connectivity index (χ3n) is 5.36. The molecule has 32 heavy (non-hydrogen) atoms. The predicted octanol–water partition coefficient (Wildman–Crippen LogP) is 3.49. The Balaban J connectivity index is 1.70. The molecule has 2 amide bonds. The Kier molecular flexibility index (Phi) is 6.64. The van der Waals surface area contributed by atoms with E-state index in [4.69, 9.17) is 0 Å². The van der Waals surface area contributed by atoms with Crippen LogP contribution in [0, 0.1) is 0 Å². The Morgan fingerprint density at radius 3 is 1.84 bits per heavy atom. The highest BCUT2D eigenvalue weighted by molar-refractivity contribution is 7.92. The highest BCUT2D eigenvalue weighted by Crippen LogP contribution is 2.29. The van der Waals surface area contributed by atoms with E-state index in [1.807, 2.05) is 0 Å². The average Bonchev–Trinajstić information content (AvgIpc) is 2.77. The van der Waals surface area contributed by atoms with E-state index in [-0.39, 0.29) is 42.2 Å². The molecule has 1 heterocycles. The van der Waals surface area contributed by atoms with E-state index in [0.29, 0.717) is 0 Å². The summed E-state index contributed by atoms with van der Waals surface area (Å²) in [6.07, 6.45) is -4.48. The smallest absolute Gasteiger partial charge is 0.335 e. The number of sulfone groups is 1. The average molecular weight is 468 g/mol. The van der Waals surface area contributed by atoms with Gasteiger partial charge in [0.05, 0.1) is 21.3 Å². The highest BCUT2D eigenvalue weighted by atomic mass is 32.2. The number of amides is 2. The SMILES string of the molecule is CC(C)S(=O)(=O)c1ccccc1C(=O)N1CCN(C(=O)c2ccc(C(F)(F)F)cc2)CC1. The van der Waals surface area contributed by atoms with Crippen molar-refractivity contribution < 1.29 is 31.2 Å². The summed E-state index contributed by atoms with van der Waals surface area (Å²) in [6.45, 7) is 3.82. The Morgan fingerprint density at radius 1 is 0.844 bits per heavy atom. The number of hydrogen-bond acceptors (Lipinski definition) is 4. The second kappa shape index (κ2) is 8.93. The van der Waals surface area contributed by atoms with Crippen molar-refractivity contribution in [2.24, 2.45) is 0 Å². The van der Waals surface area contributed by atoms with Crippen LogP contribution in [0.5, 0.6) is 0 Å². The minimum Gasteiger partial charge on any atom is -0.335 e. The second-order valence-corrected chi connectivity index (χ2v) is 10.2. The molecule has 2 aromatic rings. The molecule has 1 aliphatic heterocycles. The third kappa shape index (κ3) is 4.79. The molecule has 1 saturated heterocycles. The number of hydrogen-bond donors (Lipinski definition) is 0. The number of nitrogens with zero attached hydrogens (tertiary/aromatic N) is 2. The minimum absolute atomic E-state index is 0.0248. The summed E-state index contributed by atoms with van der Waals surface area (Å²) in [7, 11) is -3.66. The molecule has 0 aliphatic carbocycles. The van der Waals surface area contributed by atoms with Crippen LogP contribution in [0.4, 0.5) is 13.2 Å². The van der Waals surface area contributed by atoms with E-state index in [1.54, 1.807) is 26.0 Å². The minimum atomic E-state index is -4.48. The zero-order chi connectivity index (χ0) is 23.7. The first kappa shape index (κ1) is 23.8. The van der Waals surface area contributed by atoms with Gasteiger partial charge in [0.1, 0.15) is 0 Å².